The summed E-state index contributed by atoms with van der Waals surface area (Å²) in [6.45, 7) is 1.23. The van der Waals surface area contributed by atoms with Gasteiger partial charge < -0.3 is 9.84 Å². The highest BCUT2D eigenvalue weighted by Gasteiger charge is 2.23. The molecule has 20 heavy (non-hydrogen) atoms. The molecule has 0 saturated carbocycles. The summed E-state index contributed by atoms with van der Waals surface area (Å²) >= 11 is 0. The SMILES string of the molecule is O=C(O)CCn1cc(S(=O)(=O)NC2CCOCC2)cn1. The molecule has 2 rings (SSSR count). The molecule has 0 atom stereocenters. The lowest BCUT2D eigenvalue weighted by Gasteiger charge is -2.22. The monoisotopic (exact) mass is 303 g/mol. The highest BCUT2D eigenvalue weighted by atomic mass is 32.2. The van der Waals surface area contributed by atoms with Crippen LogP contribution in [0.1, 0.15) is 19.3 Å². The summed E-state index contributed by atoms with van der Waals surface area (Å²) in [6.07, 6.45) is 3.75. The number of carboxylic acid groups (broad SMARTS) is 1. The molecule has 1 saturated heterocycles. The number of rotatable bonds is 6. The Hall–Kier alpha value is -1.45. The Bertz CT molecular complexity index is 562. The van der Waals surface area contributed by atoms with E-state index in [-0.39, 0.29) is 23.9 Å². The number of aliphatic carboxylic acids is 1. The summed E-state index contributed by atoms with van der Waals surface area (Å²) in [4.78, 5) is 10.5. The maximum absolute atomic E-state index is 12.1. The zero-order valence-corrected chi connectivity index (χ0v) is 11.7. The normalized spacial score (nSPS) is 17.2. The lowest BCUT2D eigenvalue weighted by molar-refractivity contribution is -0.137. The van der Waals surface area contributed by atoms with E-state index < -0.39 is 16.0 Å². The van der Waals surface area contributed by atoms with Crippen molar-refractivity contribution in [2.24, 2.45) is 0 Å². The van der Waals surface area contributed by atoms with Crippen molar-refractivity contribution in [3.63, 3.8) is 0 Å². The molecule has 8 nitrogen and oxygen atoms in total. The van der Waals surface area contributed by atoms with E-state index in [4.69, 9.17) is 9.84 Å². The van der Waals surface area contributed by atoms with Crippen molar-refractivity contribution in [2.45, 2.75) is 36.7 Å². The van der Waals surface area contributed by atoms with E-state index >= 15 is 0 Å². The third kappa shape index (κ3) is 4.02. The first kappa shape index (κ1) is 14.9. The van der Waals surface area contributed by atoms with Crippen LogP contribution < -0.4 is 4.72 Å². The summed E-state index contributed by atoms with van der Waals surface area (Å²) in [7, 11) is -3.61. The summed E-state index contributed by atoms with van der Waals surface area (Å²) < 4.78 is 33.4. The van der Waals surface area contributed by atoms with Crippen molar-refractivity contribution in [3.8, 4) is 0 Å². The fraction of sp³-hybridized carbons (Fsp3) is 0.636. The van der Waals surface area contributed by atoms with Gasteiger partial charge in [-0.1, -0.05) is 0 Å². The molecule has 1 aromatic rings. The number of hydrogen-bond acceptors (Lipinski definition) is 5. The Morgan fingerprint density at radius 2 is 2.20 bits per heavy atom. The lowest BCUT2D eigenvalue weighted by Crippen LogP contribution is -2.38. The molecule has 1 aliphatic heterocycles. The molecule has 0 unspecified atom stereocenters. The van der Waals surface area contributed by atoms with Crippen LogP contribution >= 0.6 is 0 Å². The average molecular weight is 303 g/mol. The molecular formula is C11H17N3O5S. The third-order valence-electron chi connectivity index (χ3n) is 3.02. The van der Waals surface area contributed by atoms with Crippen molar-refractivity contribution < 1.29 is 23.1 Å². The number of aromatic nitrogens is 2. The first-order chi connectivity index (χ1) is 9.47. The van der Waals surface area contributed by atoms with Crippen LogP contribution in [0.15, 0.2) is 17.3 Å². The molecule has 0 spiro atoms. The Balaban J connectivity index is 1.99. The largest absolute Gasteiger partial charge is 0.481 e. The number of sulfonamides is 1. The number of ether oxygens (including phenoxy) is 1. The molecule has 1 aliphatic rings. The predicted octanol–water partition coefficient (Wildman–Crippen LogP) is -0.185. The second-order valence-electron chi connectivity index (χ2n) is 4.59. The Labute approximate surface area is 116 Å². The van der Waals surface area contributed by atoms with Gasteiger partial charge in [0.15, 0.2) is 0 Å². The molecule has 0 aromatic carbocycles. The number of aryl methyl sites for hydroxylation is 1. The van der Waals surface area contributed by atoms with Crippen molar-refractivity contribution in [1.29, 1.82) is 0 Å². The molecule has 112 valence electrons. The highest BCUT2D eigenvalue weighted by Crippen LogP contribution is 2.13. The van der Waals surface area contributed by atoms with Gasteiger partial charge in [-0.05, 0) is 12.8 Å². The van der Waals surface area contributed by atoms with Gasteiger partial charge in [0.2, 0.25) is 10.0 Å². The minimum Gasteiger partial charge on any atom is -0.481 e. The maximum atomic E-state index is 12.1. The zero-order valence-electron chi connectivity index (χ0n) is 10.9. The van der Waals surface area contributed by atoms with Gasteiger partial charge in [0.25, 0.3) is 0 Å². The predicted molar refractivity (Wildman–Crippen MR) is 68.6 cm³/mol. The molecule has 1 aromatic heterocycles. The zero-order chi connectivity index (χ0) is 14.6. The molecule has 0 bridgehead atoms. The molecule has 0 radical (unpaired) electrons. The van der Waals surface area contributed by atoms with E-state index in [0.717, 1.165) is 0 Å². The van der Waals surface area contributed by atoms with E-state index in [2.05, 4.69) is 9.82 Å². The average Bonchev–Trinajstić information content (AvgIpc) is 2.86. The van der Waals surface area contributed by atoms with Gasteiger partial charge in [0, 0.05) is 25.5 Å². The summed E-state index contributed by atoms with van der Waals surface area (Å²) in [5, 5.41) is 12.4. The van der Waals surface area contributed by atoms with Crippen molar-refractivity contribution in [3.05, 3.63) is 12.4 Å². The summed E-state index contributed by atoms with van der Waals surface area (Å²) in [5.74, 6) is -0.953. The van der Waals surface area contributed by atoms with Crippen LogP contribution in [0, 0.1) is 0 Å². The fourth-order valence-corrected chi connectivity index (χ4v) is 3.18. The minimum atomic E-state index is -3.61. The van der Waals surface area contributed by atoms with Gasteiger partial charge in [-0.2, -0.15) is 5.10 Å². The molecule has 9 heteroatoms. The Morgan fingerprint density at radius 1 is 1.50 bits per heavy atom. The molecule has 0 amide bonds. The highest BCUT2D eigenvalue weighted by molar-refractivity contribution is 7.89. The second-order valence-corrected chi connectivity index (χ2v) is 6.30. The summed E-state index contributed by atoms with van der Waals surface area (Å²) in [5.41, 5.74) is 0. The van der Waals surface area contributed by atoms with E-state index in [1.807, 2.05) is 0 Å². The van der Waals surface area contributed by atoms with Crippen molar-refractivity contribution in [2.75, 3.05) is 13.2 Å². The van der Waals surface area contributed by atoms with E-state index in [1.165, 1.54) is 17.1 Å². The number of nitrogens with zero attached hydrogens (tertiary/aromatic N) is 2. The number of nitrogens with one attached hydrogen (secondary N) is 1. The van der Waals surface area contributed by atoms with Crippen LogP contribution in [0.2, 0.25) is 0 Å². The first-order valence-corrected chi connectivity index (χ1v) is 7.80. The smallest absolute Gasteiger partial charge is 0.305 e. The minimum absolute atomic E-state index is 0.0504. The van der Waals surface area contributed by atoms with Gasteiger partial charge in [-0.25, -0.2) is 13.1 Å². The number of hydrogen-bond donors (Lipinski definition) is 2. The van der Waals surface area contributed by atoms with Crippen LogP contribution in [0.4, 0.5) is 0 Å². The molecule has 2 heterocycles. The van der Waals surface area contributed by atoms with Gasteiger partial charge in [-0.15, -0.1) is 0 Å². The van der Waals surface area contributed by atoms with Gasteiger partial charge in [0.05, 0.1) is 19.2 Å². The maximum Gasteiger partial charge on any atom is 0.305 e. The quantitative estimate of drug-likeness (QED) is 0.754. The standard InChI is InChI=1S/C11H17N3O5S/c15-11(16)1-4-14-8-10(7-12-14)20(17,18)13-9-2-5-19-6-3-9/h7-9,13H,1-6H2,(H,15,16). The van der Waals surface area contributed by atoms with Crippen LogP contribution in [0.25, 0.3) is 0 Å². The molecule has 2 N–H and O–H groups in total. The van der Waals surface area contributed by atoms with Gasteiger partial charge in [0.1, 0.15) is 4.90 Å². The van der Waals surface area contributed by atoms with Gasteiger partial charge in [-0.3, -0.25) is 9.48 Å². The van der Waals surface area contributed by atoms with Crippen LogP contribution in [0.5, 0.6) is 0 Å². The molecule has 0 aliphatic carbocycles. The van der Waals surface area contributed by atoms with Crippen molar-refractivity contribution in [1.82, 2.24) is 14.5 Å². The summed E-state index contributed by atoms with van der Waals surface area (Å²) in [6, 6.07) is -0.129. The molecular weight excluding hydrogens is 286 g/mol. The van der Waals surface area contributed by atoms with Crippen LogP contribution in [-0.2, 0) is 26.1 Å². The topological polar surface area (TPSA) is 111 Å². The van der Waals surface area contributed by atoms with Crippen LogP contribution in [0.3, 0.4) is 0 Å². The lowest BCUT2D eigenvalue weighted by atomic mass is 10.1. The Kier molecular flexibility index (Phi) is 4.73. The Morgan fingerprint density at radius 3 is 2.85 bits per heavy atom. The van der Waals surface area contributed by atoms with E-state index in [1.54, 1.807) is 0 Å². The van der Waals surface area contributed by atoms with Gasteiger partial charge >= 0.3 is 5.97 Å². The number of carboxylic acids is 1. The van der Waals surface area contributed by atoms with Crippen molar-refractivity contribution >= 4 is 16.0 Å². The first-order valence-electron chi connectivity index (χ1n) is 6.32. The third-order valence-corrected chi connectivity index (χ3v) is 4.49. The number of carbonyl (C=O) groups is 1. The fourth-order valence-electron chi connectivity index (χ4n) is 1.92. The second kappa shape index (κ2) is 6.33. The van der Waals surface area contributed by atoms with Crippen LogP contribution in [-0.4, -0.2) is 48.5 Å². The van der Waals surface area contributed by atoms with E-state index in [9.17, 15) is 13.2 Å². The molecule has 1 fully saturated rings. The van der Waals surface area contributed by atoms with E-state index in [0.29, 0.717) is 26.1 Å².